The number of esters is 1. The number of fused-ring (bicyclic) bond motifs is 3. The molecule has 0 saturated heterocycles. The number of H-pyrrole nitrogens is 1. The van der Waals surface area contributed by atoms with Crippen LogP contribution in [0.3, 0.4) is 0 Å². The van der Waals surface area contributed by atoms with Crippen LogP contribution in [0.5, 0.6) is 0 Å². The first-order chi connectivity index (χ1) is 11.3. The number of carbonyl (C=O) groups excluding carboxylic acids is 1. The quantitative estimate of drug-likeness (QED) is 0.651. The van der Waals surface area contributed by atoms with E-state index in [4.69, 9.17) is 21.4 Å². The van der Waals surface area contributed by atoms with Gasteiger partial charge in [0.2, 0.25) is 0 Å². The molecule has 0 radical (unpaired) electrons. The summed E-state index contributed by atoms with van der Waals surface area (Å²) in [6.07, 6.45) is 1.90. The SMILES string of the molecule is CC(C)(OC(=O)CC(=O)O)C1CCc2c([nH]c3ccc(Cl)cc23)C1. The lowest BCUT2D eigenvalue weighted by atomic mass is 9.77. The van der Waals surface area contributed by atoms with Crippen LogP contribution in [-0.2, 0) is 27.2 Å². The van der Waals surface area contributed by atoms with E-state index in [1.807, 2.05) is 32.0 Å². The third-order valence-electron chi connectivity index (χ3n) is 4.81. The molecule has 24 heavy (non-hydrogen) atoms. The van der Waals surface area contributed by atoms with E-state index in [1.165, 1.54) is 5.56 Å². The second-order valence-corrected chi connectivity index (χ2v) is 7.30. The smallest absolute Gasteiger partial charge is 0.317 e. The predicted octanol–water partition coefficient (Wildman–Crippen LogP) is 3.72. The highest BCUT2D eigenvalue weighted by Gasteiger charge is 2.37. The number of ether oxygens (including phenoxy) is 1. The number of carbonyl (C=O) groups is 2. The van der Waals surface area contributed by atoms with E-state index in [0.29, 0.717) is 5.02 Å². The summed E-state index contributed by atoms with van der Waals surface area (Å²) in [7, 11) is 0. The topological polar surface area (TPSA) is 79.4 Å². The average Bonchev–Trinajstić information content (AvgIpc) is 2.82. The standard InChI is InChI=1S/C18H20ClNO4/c1-18(2,24-17(23)9-16(21)22)10-3-5-12-13-8-11(19)4-6-14(13)20-15(12)7-10/h4,6,8,10,20H,3,5,7,9H2,1-2H3,(H,21,22). The van der Waals surface area contributed by atoms with Gasteiger partial charge in [0, 0.05) is 27.5 Å². The Kier molecular flexibility index (Phi) is 4.30. The lowest BCUT2D eigenvalue weighted by Crippen LogP contribution is -2.40. The van der Waals surface area contributed by atoms with Crippen LogP contribution < -0.4 is 0 Å². The van der Waals surface area contributed by atoms with Crippen molar-refractivity contribution in [2.75, 3.05) is 0 Å². The lowest BCUT2D eigenvalue weighted by molar-refractivity contribution is -0.165. The van der Waals surface area contributed by atoms with Crippen LogP contribution in [0.2, 0.25) is 5.02 Å². The molecule has 6 heteroatoms. The highest BCUT2D eigenvalue weighted by Crippen LogP contribution is 2.38. The summed E-state index contributed by atoms with van der Waals surface area (Å²) in [6.45, 7) is 3.70. The Morgan fingerprint density at radius 1 is 1.42 bits per heavy atom. The van der Waals surface area contributed by atoms with E-state index in [9.17, 15) is 9.59 Å². The molecule has 1 unspecified atom stereocenters. The van der Waals surface area contributed by atoms with Crippen LogP contribution in [0.4, 0.5) is 0 Å². The molecule has 0 aliphatic heterocycles. The Balaban J connectivity index is 1.80. The van der Waals surface area contributed by atoms with E-state index in [2.05, 4.69) is 4.98 Å². The molecule has 1 heterocycles. The maximum atomic E-state index is 11.7. The van der Waals surface area contributed by atoms with Crippen molar-refractivity contribution in [2.45, 2.75) is 45.1 Å². The Bertz CT molecular complexity index is 809. The van der Waals surface area contributed by atoms with Gasteiger partial charge in [-0.15, -0.1) is 0 Å². The molecule has 0 spiro atoms. The Morgan fingerprint density at radius 3 is 2.88 bits per heavy atom. The first-order valence-electron chi connectivity index (χ1n) is 7.99. The number of aliphatic carboxylic acids is 1. The third kappa shape index (κ3) is 3.26. The second-order valence-electron chi connectivity index (χ2n) is 6.86. The van der Waals surface area contributed by atoms with Crippen molar-refractivity contribution in [2.24, 2.45) is 5.92 Å². The largest absolute Gasteiger partial charge is 0.481 e. The summed E-state index contributed by atoms with van der Waals surface area (Å²) in [5.74, 6) is -1.73. The van der Waals surface area contributed by atoms with E-state index in [1.54, 1.807) is 0 Å². The van der Waals surface area contributed by atoms with Crippen LogP contribution in [0.15, 0.2) is 18.2 Å². The molecule has 0 saturated carbocycles. The Hall–Kier alpha value is -2.01. The van der Waals surface area contributed by atoms with Crippen LogP contribution in [0.25, 0.3) is 10.9 Å². The molecule has 0 bridgehead atoms. The van der Waals surface area contributed by atoms with Gasteiger partial charge >= 0.3 is 11.9 Å². The van der Waals surface area contributed by atoms with Gasteiger partial charge in [-0.3, -0.25) is 9.59 Å². The number of carboxylic acid groups (broad SMARTS) is 1. The molecule has 128 valence electrons. The fourth-order valence-electron chi connectivity index (χ4n) is 3.53. The van der Waals surface area contributed by atoms with Gasteiger partial charge in [-0.2, -0.15) is 0 Å². The second kappa shape index (κ2) is 6.13. The number of benzene rings is 1. The first kappa shape index (κ1) is 16.8. The summed E-state index contributed by atoms with van der Waals surface area (Å²) in [5.41, 5.74) is 2.77. The van der Waals surface area contributed by atoms with E-state index < -0.39 is 24.0 Å². The molecule has 3 rings (SSSR count). The number of nitrogens with one attached hydrogen (secondary N) is 1. The third-order valence-corrected chi connectivity index (χ3v) is 5.04. The molecule has 1 aliphatic rings. The van der Waals surface area contributed by atoms with Gasteiger partial charge in [0.25, 0.3) is 0 Å². The number of aryl methyl sites for hydroxylation is 1. The maximum Gasteiger partial charge on any atom is 0.317 e. The van der Waals surface area contributed by atoms with Crippen molar-refractivity contribution in [3.63, 3.8) is 0 Å². The highest BCUT2D eigenvalue weighted by atomic mass is 35.5. The first-order valence-corrected chi connectivity index (χ1v) is 8.36. The molecule has 2 aromatic rings. The van der Waals surface area contributed by atoms with Gasteiger partial charge in [0.05, 0.1) is 0 Å². The number of halogens is 1. The monoisotopic (exact) mass is 349 g/mol. The van der Waals surface area contributed by atoms with Crippen LogP contribution >= 0.6 is 11.6 Å². The summed E-state index contributed by atoms with van der Waals surface area (Å²) in [4.78, 5) is 25.8. The van der Waals surface area contributed by atoms with Crippen molar-refractivity contribution < 1.29 is 19.4 Å². The van der Waals surface area contributed by atoms with Gasteiger partial charge in [-0.05, 0) is 56.9 Å². The molecule has 5 nitrogen and oxygen atoms in total. The van der Waals surface area contributed by atoms with Crippen molar-refractivity contribution in [3.8, 4) is 0 Å². The van der Waals surface area contributed by atoms with E-state index in [0.717, 1.165) is 35.9 Å². The van der Waals surface area contributed by atoms with Crippen molar-refractivity contribution in [1.29, 1.82) is 0 Å². The maximum absolute atomic E-state index is 11.7. The Morgan fingerprint density at radius 2 is 2.17 bits per heavy atom. The molecule has 0 fully saturated rings. The molecular formula is C18H20ClNO4. The number of carboxylic acids is 1. The normalized spacial score (nSPS) is 17.5. The van der Waals surface area contributed by atoms with Crippen LogP contribution in [-0.4, -0.2) is 27.6 Å². The minimum Gasteiger partial charge on any atom is -0.481 e. The zero-order chi connectivity index (χ0) is 17.5. The predicted molar refractivity (Wildman–Crippen MR) is 91.2 cm³/mol. The zero-order valence-corrected chi connectivity index (χ0v) is 14.4. The summed E-state index contributed by atoms with van der Waals surface area (Å²) >= 11 is 6.10. The average molecular weight is 350 g/mol. The Labute approximate surface area is 144 Å². The van der Waals surface area contributed by atoms with E-state index in [-0.39, 0.29) is 5.92 Å². The molecule has 1 aromatic heterocycles. The molecule has 1 atom stereocenters. The minimum absolute atomic E-state index is 0.131. The summed E-state index contributed by atoms with van der Waals surface area (Å²) < 4.78 is 5.44. The van der Waals surface area contributed by atoms with Gasteiger partial charge in [-0.25, -0.2) is 0 Å². The highest BCUT2D eigenvalue weighted by molar-refractivity contribution is 6.31. The number of hydrogen-bond acceptors (Lipinski definition) is 3. The van der Waals surface area contributed by atoms with Gasteiger partial charge in [0.1, 0.15) is 12.0 Å². The molecular weight excluding hydrogens is 330 g/mol. The van der Waals surface area contributed by atoms with Gasteiger partial charge in [0.15, 0.2) is 0 Å². The van der Waals surface area contributed by atoms with Crippen LogP contribution in [0.1, 0.15) is 37.9 Å². The minimum atomic E-state index is -1.17. The fraction of sp³-hybridized carbons (Fsp3) is 0.444. The molecule has 0 amide bonds. The number of aromatic amines is 1. The number of rotatable bonds is 4. The van der Waals surface area contributed by atoms with E-state index >= 15 is 0 Å². The van der Waals surface area contributed by atoms with Crippen molar-refractivity contribution in [1.82, 2.24) is 4.98 Å². The molecule has 1 aliphatic carbocycles. The lowest BCUT2D eigenvalue weighted by Gasteiger charge is -2.36. The summed E-state index contributed by atoms with van der Waals surface area (Å²) in [5, 5.41) is 10.6. The summed E-state index contributed by atoms with van der Waals surface area (Å²) in [6, 6.07) is 5.81. The van der Waals surface area contributed by atoms with Crippen molar-refractivity contribution >= 4 is 34.4 Å². The number of aromatic nitrogens is 1. The number of hydrogen-bond donors (Lipinski definition) is 2. The molecule has 1 aromatic carbocycles. The van der Waals surface area contributed by atoms with Crippen molar-refractivity contribution in [3.05, 3.63) is 34.5 Å². The van der Waals surface area contributed by atoms with Gasteiger partial charge < -0.3 is 14.8 Å². The zero-order valence-electron chi connectivity index (χ0n) is 13.7. The molecule has 2 N–H and O–H groups in total. The van der Waals surface area contributed by atoms with Crippen LogP contribution in [0, 0.1) is 5.92 Å². The fourth-order valence-corrected chi connectivity index (χ4v) is 3.70. The van der Waals surface area contributed by atoms with Gasteiger partial charge in [-0.1, -0.05) is 11.6 Å².